The van der Waals surface area contributed by atoms with Crippen molar-refractivity contribution in [3.05, 3.63) is 48.1 Å². The van der Waals surface area contributed by atoms with Gasteiger partial charge in [0.25, 0.3) is 0 Å². The maximum atomic E-state index is 13.6. The third-order valence-corrected chi connectivity index (χ3v) is 5.85. The maximum Gasteiger partial charge on any atom is 0.311 e. The van der Waals surface area contributed by atoms with Crippen molar-refractivity contribution in [1.82, 2.24) is 0 Å². The van der Waals surface area contributed by atoms with E-state index >= 15 is 0 Å². The molecule has 0 saturated heterocycles. The van der Waals surface area contributed by atoms with E-state index in [2.05, 4.69) is 11.8 Å². The van der Waals surface area contributed by atoms with Crippen LogP contribution in [0.15, 0.2) is 42.5 Å². The van der Waals surface area contributed by atoms with E-state index in [1.807, 2.05) is 19.9 Å². The fraction of sp³-hybridized carbons (Fsp3) is 0.500. The molecule has 0 saturated carbocycles. The van der Waals surface area contributed by atoms with E-state index in [1.54, 1.807) is 36.4 Å². The van der Waals surface area contributed by atoms with Gasteiger partial charge in [0.15, 0.2) is 5.78 Å². The molecule has 2 unspecified atom stereocenters. The van der Waals surface area contributed by atoms with Gasteiger partial charge < -0.3 is 15.1 Å². The Labute approximate surface area is 173 Å². The zero-order chi connectivity index (χ0) is 21.4. The molecule has 0 aromatic heterocycles. The normalized spacial score (nSPS) is 20.6. The summed E-state index contributed by atoms with van der Waals surface area (Å²) in [7, 11) is 0. The number of phenols is 1. The van der Waals surface area contributed by atoms with E-state index in [4.69, 9.17) is 0 Å². The number of phenolic OH excluding ortho intramolecular Hbond substituents is 1. The van der Waals surface area contributed by atoms with Gasteiger partial charge in [0.05, 0.1) is 16.9 Å². The lowest BCUT2D eigenvalue weighted by atomic mass is 9.65. The van der Waals surface area contributed by atoms with Crippen molar-refractivity contribution >= 4 is 17.4 Å². The minimum Gasteiger partial charge on any atom is -0.507 e. The van der Waals surface area contributed by atoms with E-state index in [0.717, 1.165) is 44.5 Å². The minimum absolute atomic E-state index is 0.0978. The lowest BCUT2D eigenvalue weighted by Crippen LogP contribution is -2.41. The van der Waals surface area contributed by atoms with Gasteiger partial charge in [0, 0.05) is 24.8 Å². The number of hydrogen-bond acceptors (Lipinski definition) is 4. The van der Waals surface area contributed by atoms with Crippen LogP contribution in [0.5, 0.6) is 5.75 Å². The molecule has 0 radical (unpaired) electrons. The van der Waals surface area contributed by atoms with Gasteiger partial charge in [-0.05, 0) is 32.4 Å². The molecule has 0 amide bonds. The van der Waals surface area contributed by atoms with Gasteiger partial charge in [-0.3, -0.25) is 9.59 Å². The highest BCUT2D eigenvalue weighted by Gasteiger charge is 2.47. The molecule has 2 N–H and O–H groups in total. The standard InChI is InChI=1S/C24H33NO4/c1-4-7-8-10-15-24(16-11-9-12-20(24)23(28)29)22(27)19-14-13-18(17-21(19)26)25(5-2)6-3/h9,11-14,16-17,20,26H,4-8,10,15H2,1-3H3,(H,28,29). The Kier molecular flexibility index (Phi) is 8.06. The van der Waals surface area contributed by atoms with Crippen LogP contribution in [-0.2, 0) is 4.79 Å². The minimum atomic E-state index is -1.18. The number of carboxylic acid groups (broad SMARTS) is 1. The second-order valence-corrected chi connectivity index (χ2v) is 7.61. The third kappa shape index (κ3) is 4.89. The number of rotatable bonds is 11. The summed E-state index contributed by atoms with van der Waals surface area (Å²) in [5, 5.41) is 20.5. The van der Waals surface area contributed by atoms with Crippen molar-refractivity contribution in [3.63, 3.8) is 0 Å². The van der Waals surface area contributed by atoms with Crippen LogP contribution in [0.1, 0.15) is 63.2 Å². The molecule has 158 valence electrons. The Morgan fingerprint density at radius 1 is 1.07 bits per heavy atom. The maximum absolute atomic E-state index is 13.6. The zero-order valence-electron chi connectivity index (χ0n) is 17.7. The molecule has 0 aliphatic heterocycles. The topological polar surface area (TPSA) is 77.8 Å². The fourth-order valence-corrected chi connectivity index (χ4v) is 4.14. The quantitative estimate of drug-likeness (QED) is 0.395. The molecule has 0 heterocycles. The monoisotopic (exact) mass is 399 g/mol. The predicted molar refractivity (Wildman–Crippen MR) is 117 cm³/mol. The summed E-state index contributed by atoms with van der Waals surface area (Å²) in [6, 6.07) is 5.05. The average molecular weight is 400 g/mol. The number of carbonyl (C=O) groups is 2. The molecule has 1 aromatic carbocycles. The molecule has 29 heavy (non-hydrogen) atoms. The van der Waals surface area contributed by atoms with Crippen LogP contribution < -0.4 is 4.90 Å². The average Bonchev–Trinajstić information content (AvgIpc) is 2.72. The molecule has 1 aliphatic rings. The summed E-state index contributed by atoms with van der Waals surface area (Å²) in [6.07, 6.45) is 11.0. The first kappa shape index (κ1) is 22.7. The number of anilines is 1. The van der Waals surface area contributed by atoms with Gasteiger partial charge in [0.1, 0.15) is 5.75 Å². The first-order valence-electron chi connectivity index (χ1n) is 10.6. The number of aliphatic carboxylic acids is 1. The Hall–Kier alpha value is -2.56. The van der Waals surface area contributed by atoms with E-state index < -0.39 is 17.3 Å². The molecule has 1 aromatic rings. The number of ketones is 1. The summed E-state index contributed by atoms with van der Waals surface area (Å²) in [5.74, 6) is -2.39. The number of benzene rings is 1. The first-order chi connectivity index (χ1) is 13.9. The summed E-state index contributed by atoms with van der Waals surface area (Å²) in [6.45, 7) is 7.75. The molecule has 2 atom stereocenters. The van der Waals surface area contributed by atoms with Crippen LogP contribution in [0.25, 0.3) is 0 Å². The molecular weight excluding hydrogens is 366 g/mol. The highest BCUT2D eigenvalue weighted by Crippen LogP contribution is 2.44. The van der Waals surface area contributed by atoms with Crippen LogP contribution in [-0.4, -0.2) is 35.1 Å². The molecule has 1 aliphatic carbocycles. The highest BCUT2D eigenvalue weighted by molar-refractivity contribution is 6.06. The Balaban J connectivity index is 2.43. The largest absolute Gasteiger partial charge is 0.507 e. The Morgan fingerprint density at radius 2 is 1.79 bits per heavy atom. The number of hydrogen-bond donors (Lipinski definition) is 2. The smallest absolute Gasteiger partial charge is 0.311 e. The Bertz CT molecular complexity index is 779. The fourth-order valence-electron chi connectivity index (χ4n) is 4.14. The van der Waals surface area contributed by atoms with E-state index in [1.165, 1.54) is 0 Å². The van der Waals surface area contributed by atoms with Crippen LogP contribution in [0.2, 0.25) is 0 Å². The zero-order valence-corrected chi connectivity index (χ0v) is 17.7. The van der Waals surface area contributed by atoms with Gasteiger partial charge in [-0.2, -0.15) is 0 Å². The van der Waals surface area contributed by atoms with Crippen molar-refractivity contribution < 1.29 is 19.8 Å². The second-order valence-electron chi connectivity index (χ2n) is 7.61. The Morgan fingerprint density at radius 3 is 2.38 bits per heavy atom. The number of nitrogens with zero attached hydrogens (tertiary/aromatic N) is 1. The van der Waals surface area contributed by atoms with Crippen LogP contribution in [0, 0.1) is 11.3 Å². The van der Waals surface area contributed by atoms with Crippen molar-refractivity contribution in [2.45, 2.75) is 52.9 Å². The number of carbonyl (C=O) groups excluding carboxylic acids is 1. The summed E-state index contributed by atoms with van der Waals surface area (Å²) >= 11 is 0. The summed E-state index contributed by atoms with van der Waals surface area (Å²) in [5.41, 5.74) is -0.153. The lowest BCUT2D eigenvalue weighted by Gasteiger charge is -2.35. The van der Waals surface area contributed by atoms with Crippen LogP contribution in [0.3, 0.4) is 0 Å². The van der Waals surface area contributed by atoms with E-state index in [-0.39, 0.29) is 17.1 Å². The van der Waals surface area contributed by atoms with Crippen molar-refractivity contribution in [3.8, 4) is 5.75 Å². The lowest BCUT2D eigenvalue weighted by molar-refractivity contribution is -0.142. The van der Waals surface area contributed by atoms with Gasteiger partial charge in [0.2, 0.25) is 0 Å². The third-order valence-electron chi connectivity index (χ3n) is 5.85. The van der Waals surface area contributed by atoms with Gasteiger partial charge in [-0.15, -0.1) is 0 Å². The van der Waals surface area contributed by atoms with Crippen molar-refractivity contribution in [2.24, 2.45) is 11.3 Å². The van der Waals surface area contributed by atoms with E-state index in [0.29, 0.717) is 6.42 Å². The first-order valence-corrected chi connectivity index (χ1v) is 10.6. The highest BCUT2D eigenvalue weighted by atomic mass is 16.4. The number of Topliss-reactive ketones (excluding diaryl/α,β-unsaturated/α-hetero) is 1. The predicted octanol–water partition coefficient (Wildman–Crippen LogP) is 5.20. The van der Waals surface area contributed by atoms with Crippen LogP contribution >= 0.6 is 0 Å². The molecular formula is C24H33NO4. The van der Waals surface area contributed by atoms with E-state index in [9.17, 15) is 19.8 Å². The molecule has 0 spiro atoms. The van der Waals surface area contributed by atoms with Crippen molar-refractivity contribution in [1.29, 1.82) is 0 Å². The summed E-state index contributed by atoms with van der Waals surface area (Å²) < 4.78 is 0. The van der Waals surface area contributed by atoms with Gasteiger partial charge >= 0.3 is 5.97 Å². The number of carboxylic acids is 1. The molecule has 5 nitrogen and oxygen atoms in total. The van der Waals surface area contributed by atoms with Gasteiger partial charge in [-0.25, -0.2) is 0 Å². The summed E-state index contributed by atoms with van der Waals surface area (Å²) in [4.78, 5) is 27.7. The SMILES string of the molecule is CCCCCCC1(C(=O)c2ccc(N(CC)CC)cc2O)C=CC=CC1C(=O)O. The van der Waals surface area contributed by atoms with Crippen molar-refractivity contribution in [2.75, 3.05) is 18.0 Å². The molecule has 5 heteroatoms. The second kappa shape index (κ2) is 10.3. The molecule has 2 rings (SSSR count). The number of unbranched alkanes of at least 4 members (excludes halogenated alkanes) is 3. The number of aromatic hydroxyl groups is 1. The molecule has 0 fully saturated rings. The number of allylic oxidation sites excluding steroid dienone is 3. The van der Waals surface area contributed by atoms with Gasteiger partial charge in [-0.1, -0.05) is 56.9 Å². The van der Waals surface area contributed by atoms with Crippen LogP contribution in [0.4, 0.5) is 5.69 Å². The molecule has 0 bridgehead atoms.